The molecule has 4 rings (SSSR count). The minimum atomic E-state index is 0.0394. The third kappa shape index (κ3) is 4.17. The van der Waals surface area contributed by atoms with E-state index in [0.29, 0.717) is 30.5 Å². The topological polar surface area (TPSA) is 45.2 Å². The van der Waals surface area contributed by atoms with Gasteiger partial charge in [-0.15, -0.1) is 0 Å². The highest BCUT2D eigenvalue weighted by molar-refractivity contribution is 5.94. The van der Waals surface area contributed by atoms with Crippen LogP contribution in [-0.2, 0) is 6.42 Å². The lowest BCUT2D eigenvalue weighted by Gasteiger charge is -2.38. The van der Waals surface area contributed by atoms with Crippen molar-refractivity contribution in [2.24, 2.45) is 5.92 Å². The molecule has 2 saturated heterocycles. The Balaban J connectivity index is 1.43. The Morgan fingerprint density at radius 2 is 1.76 bits per heavy atom. The summed E-state index contributed by atoms with van der Waals surface area (Å²) in [6, 6.07) is 16.3. The van der Waals surface area contributed by atoms with E-state index in [9.17, 15) is 4.79 Å². The van der Waals surface area contributed by atoms with Gasteiger partial charge in [-0.2, -0.15) is 0 Å². The number of carbonyl (C=O) groups excluding carboxylic acids is 1. The molecular weight excluding hydrogens is 366 g/mol. The van der Waals surface area contributed by atoms with Crippen molar-refractivity contribution in [2.45, 2.75) is 19.3 Å². The Bertz CT molecular complexity index is 843. The fraction of sp³-hybridized carbons (Fsp3) is 0.435. The number of amides is 2. The summed E-state index contributed by atoms with van der Waals surface area (Å²) in [5, 5.41) is 4.17. The van der Waals surface area contributed by atoms with Gasteiger partial charge in [-0.1, -0.05) is 30.3 Å². The largest absolute Gasteiger partial charge is 0.493 e. The number of hydrogen-bond donors (Lipinski definition) is 0. The van der Waals surface area contributed by atoms with Gasteiger partial charge in [0.25, 0.3) is 0 Å². The molecule has 0 N–H and O–H groups in total. The molecule has 2 aromatic carbocycles. The summed E-state index contributed by atoms with van der Waals surface area (Å²) in [5.74, 6) is 1.88. The normalized spacial score (nSPS) is 20.2. The van der Waals surface area contributed by atoms with Gasteiger partial charge >= 0.3 is 6.03 Å². The number of hydrazine groups is 1. The lowest BCUT2D eigenvalue weighted by atomic mass is 9.92. The maximum atomic E-state index is 13.2. The first-order valence-electron chi connectivity index (χ1n) is 10.3. The Morgan fingerprint density at radius 3 is 2.52 bits per heavy atom. The summed E-state index contributed by atoms with van der Waals surface area (Å²) in [4.78, 5) is 15.0. The van der Waals surface area contributed by atoms with E-state index >= 15 is 0 Å². The molecule has 1 atom stereocenters. The number of piperidine rings is 1. The second kappa shape index (κ2) is 8.74. The van der Waals surface area contributed by atoms with Crippen LogP contribution < -0.4 is 14.4 Å². The molecule has 2 aromatic rings. The first-order chi connectivity index (χ1) is 14.2. The molecule has 2 aliphatic rings. The first-order valence-corrected chi connectivity index (χ1v) is 10.3. The number of nitrogens with zero attached hydrogens (tertiary/aromatic N) is 3. The summed E-state index contributed by atoms with van der Waals surface area (Å²) in [7, 11) is 3.23. The van der Waals surface area contributed by atoms with E-state index in [1.807, 2.05) is 28.1 Å². The first kappa shape index (κ1) is 19.6. The second-order valence-corrected chi connectivity index (χ2v) is 7.71. The number of urea groups is 1. The third-order valence-corrected chi connectivity index (χ3v) is 5.87. The second-order valence-electron chi connectivity index (χ2n) is 7.71. The molecule has 154 valence electrons. The van der Waals surface area contributed by atoms with E-state index in [-0.39, 0.29) is 6.03 Å². The van der Waals surface area contributed by atoms with Gasteiger partial charge in [0, 0.05) is 31.4 Å². The van der Waals surface area contributed by atoms with Crippen molar-refractivity contribution in [1.29, 1.82) is 0 Å². The van der Waals surface area contributed by atoms with Gasteiger partial charge in [-0.05, 0) is 42.9 Å². The van der Waals surface area contributed by atoms with Crippen LogP contribution in [0.2, 0.25) is 0 Å². The van der Waals surface area contributed by atoms with Crippen LogP contribution in [-0.4, -0.2) is 56.4 Å². The van der Waals surface area contributed by atoms with Crippen molar-refractivity contribution in [1.82, 2.24) is 10.0 Å². The van der Waals surface area contributed by atoms with Crippen LogP contribution >= 0.6 is 0 Å². The zero-order valence-corrected chi connectivity index (χ0v) is 17.2. The number of rotatable bonds is 6. The van der Waals surface area contributed by atoms with E-state index in [0.717, 1.165) is 31.6 Å². The SMILES string of the molecule is COc1ccc(N2CCN(N3CCCC(Cc4ccccc4)C3)C2=O)cc1OC. The highest BCUT2D eigenvalue weighted by atomic mass is 16.5. The highest BCUT2D eigenvalue weighted by Crippen LogP contribution is 2.33. The van der Waals surface area contributed by atoms with E-state index < -0.39 is 0 Å². The molecule has 2 amide bonds. The average molecular weight is 396 g/mol. The molecule has 0 bridgehead atoms. The van der Waals surface area contributed by atoms with Crippen LogP contribution in [0.15, 0.2) is 48.5 Å². The van der Waals surface area contributed by atoms with Crippen molar-refractivity contribution in [3.63, 3.8) is 0 Å². The monoisotopic (exact) mass is 395 g/mol. The molecule has 0 aliphatic carbocycles. The minimum absolute atomic E-state index is 0.0394. The molecule has 0 spiro atoms. The summed E-state index contributed by atoms with van der Waals surface area (Å²) >= 11 is 0. The van der Waals surface area contributed by atoms with E-state index in [2.05, 4.69) is 35.3 Å². The van der Waals surface area contributed by atoms with E-state index in [1.165, 1.54) is 12.0 Å². The molecule has 2 fully saturated rings. The summed E-state index contributed by atoms with van der Waals surface area (Å²) in [6.45, 7) is 3.26. The Kier molecular flexibility index (Phi) is 5.90. The van der Waals surface area contributed by atoms with E-state index in [1.54, 1.807) is 14.2 Å². The molecule has 6 heteroatoms. The molecule has 2 aliphatic heterocycles. The summed E-state index contributed by atoms with van der Waals surface area (Å²) in [5.41, 5.74) is 2.21. The van der Waals surface area contributed by atoms with Crippen LogP contribution in [0.5, 0.6) is 11.5 Å². The predicted octanol–water partition coefficient (Wildman–Crippen LogP) is 3.82. The average Bonchev–Trinajstić information content (AvgIpc) is 3.15. The fourth-order valence-corrected chi connectivity index (χ4v) is 4.40. The van der Waals surface area contributed by atoms with Gasteiger partial charge in [0.15, 0.2) is 11.5 Å². The number of hydrogen-bond acceptors (Lipinski definition) is 4. The molecule has 0 aromatic heterocycles. The standard InChI is InChI=1S/C23H29N3O3/c1-28-21-11-10-20(16-22(21)29-2)25-13-14-26(23(25)27)24-12-6-9-19(17-24)15-18-7-4-3-5-8-18/h3-5,7-8,10-11,16,19H,6,9,12-15,17H2,1-2H3. The molecule has 29 heavy (non-hydrogen) atoms. The van der Waals surface area contributed by atoms with Gasteiger partial charge < -0.3 is 9.47 Å². The van der Waals surface area contributed by atoms with Crippen LogP contribution in [0.1, 0.15) is 18.4 Å². The zero-order chi connectivity index (χ0) is 20.2. The highest BCUT2D eigenvalue weighted by Gasteiger charge is 2.36. The maximum absolute atomic E-state index is 13.2. The van der Waals surface area contributed by atoms with Crippen molar-refractivity contribution in [3.8, 4) is 11.5 Å². The number of carbonyl (C=O) groups is 1. The lowest BCUT2D eigenvalue weighted by molar-refractivity contribution is -0.00402. The Hall–Kier alpha value is -2.73. The molecule has 0 radical (unpaired) electrons. The molecule has 6 nitrogen and oxygen atoms in total. The summed E-state index contributed by atoms with van der Waals surface area (Å²) < 4.78 is 10.7. The maximum Gasteiger partial charge on any atom is 0.339 e. The fourth-order valence-electron chi connectivity index (χ4n) is 4.40. The molecule has 0 saturated carbocycles. The predicted molar refractivity (Wildman–Crippen MR) is 113 cm³/mol. The number of ether oxygens (including phenoxy) is 2. The van der Waals surface area contributed by atoms with Gasteiger partial charge in [0.1, 0.15) is 0 Å². The van der Waals surface area contributed by atoms with Gasteiger partial charge in [-0.25, -0.2) is 9.80 Å². The third-order valence-electron chi connectivity index (χ3n) is 5.87. The Morgan fingerprint density at radius 1 is 0.966 bits per heavy atom. The number of methoxy groups -OCH3 is 2. The number of benzene rings is 2. The Labute approximate surface area is 172 Å². The van der Waals surface area contributed by atoms with Crippen LogP contribution in [0.25, 0.3) is 0 Å². The van der Waals surface area contributed by atoms with Gasteiger partial charge in [0.05, 0.1) is 20.8 Å². The lowest BCUT2D eigenvalue weighted by Crippen LogP contribution is -2.50. The minimum Gasteiger partial charge on any atom is -0.493 e. The van der Waals surface area contributed by atoms with Gasteiger partial charge in [0.2, 0.25) is 0 Å². The molecule has 2 heterocycles. The number of anilines is 1. The summed E-state index contributed by atoms with van der Waals surface area (Å²) in [6.07, 6.45) is 3.41. The van der Waals surface area contributed by atoms with Crippen LogP contribution in [0.3, 0.4) is 0 Å². The van der Waals surface area contributed by atoms with Crippen LogP contribution in [0, 0.1) is 5.92 Å². The van der Waals surface area contributed by atoms with Crippen molar-refractivity contribution < 1.29 is 14.3 Å². The quantitative estimate of drug-likeness (QED) is 0.746. The zero-order valence-electron chi connectivity index (χ0n) is 17.2. The smallest absolute Gasteiger partial charge is 0.339 e. The molecule has 1 unspecified atom stereocenters. The van der Waals surface area contributed by atoms with Gasteiger partial charge in [-0.3, -0.25) is 9.91 Å². The van der Waals surface area contributed by atoms with Crippen molar-refractivity contribution in [3.05, 3.63) is 54.1 Å². The van der Waals surface area contributed by atoms with E-state index in [4.69, 9.17) is 9.47 Å². The van der Waals surface area contributed by atoms with Crippen molar-refractivity contribution in [2.75, 3.05) is 45.3 Å². The van der Waals surface area contributed by atoms with Crippen molar-refractivity contribution >= 4 is 11.7 Å². The van der Waals surface area contributed by atoms with Crippen LogP contribution in [0.4, 0.5) is 10.5 Å². The molecular formula is C23H29N3O3.